The number of nitrogens with zero attached hydrogens (tertiary/aromatic N) is 1. The van der Waals surface area contributed by atoms with Gasteiger partial charge in [-0.1, -0.05) is 30.7 Å². The number of nitrogens with one attached hydrogen (secondary N) is 1. The fourth-order valence-corrected chi connectivity index (χ4v) is 2.84. The number of halogens is 1. The van der Waals surface area contributed by atoms with Crippen LogP contribution in [0.4, 0.5) is 5.69 Å². The summed E-state index contributed by atoms with van der Waals surface area (Å²) in [5, 5.41) is 4.33. The first-order valence-electron chi connectivity index (χ1n) is 8.04. The van der Waals surface area contributed by atoms with Crippen LogP contribution in [-0.4, -0.2) is 19.2 Å². The first-order chi connectivity index (χ1) is 11.5. The average molecular weight is 349 g/mol. The molecule has 0 amide bonds. The molecule has 4 nitrogen and oxygen atoms in total. The SMILES string of the molecule is CC[C@@H](Nc1cnc(C)c(C(OC)OC)c1)c1ccc(Cl)c(C)c1. The maximum Gasteiger partial charge on any atom is 0.184 e. The van der Waals surface area contributed by atoms with Crippen LogP contribution in [0.15, 0.2) is 30.5 Å². The first kappa shape index (κ1) is 18.7. The molecule has 130 valence electrons. The number of methoxy groups -OCH3 is 2. The van der Waals surface area contributed by atoms with Gasteiger partial charge < -0.3 is 14.8 Å². The van der Waals surface area contributed by atoms with Crippen molar-refractivity contribution in [3.8, 4) is 0 Å². The lowest BCUT2D eigenvalue weighted by Crippen LogP contribution is -2.12. The zero-order chi connectivity index (χ0) is 17.7. The van der Waals surface area contributed by atoms with E-state index < -0.39 is 6.29 Å². The van der Waals surface area contributed by atoms with Crippen molar-refractivity contribution in [2.24, 2.45) is 0 Å². The van der Waals surface area contributed by atoms with E-state index in [4.69, 9.17) is 21.1 Å². The fourth-order valence-electron chi connectivity index (χ4n) is 2.72. The molecular formula is C19H25ClN2O2. The van der Waals surface area contributed by atoms with E-state index in [1.54, 1.807) is 14.2 Å². The van der Waals surface area contributed by atoms with E-state index >= 15 is 0 Å². The maximum absolute atomic E-state index is 6.14. The lowest BCUT2D eigenvalue weighted by molar-refractivity contribution is -0.106. The van der Waals surface area contributed by atoms with Crippen LogP contribution in [0.2, 0.25) is 5.02 Å². The third-order valence-electron chi connectivity index (χ3n) is 4.14. The number of aromatic nitrogens is 1. The van der Waals surface area contributed by atoms with Crippen molar-refractivity contribution in [3.05, 3.63) is 57.9 Å². The van der Waals surface area contributed by atoms with Crippen molar-refractivity contribution < 1.29 is 9.47 Å². The molecule has 0 aliphatic carbocycles. The molecule has 0 unspecified atom stereocenters. The van der Waals surface area contributed by atoms with Gasteiger partial charge in [0.1, 0.15) is 0 Å². The molecule has 1 aromatic heterocycles. The van der Waals surface area contributed by atoms with Gasteiger partial charge in [0.15, 0.2) is 6.29 Å². The summed E-state index contributed by atoms with van der Waals surface area (Å²) in [6, 6.07) is 8.35. The first-order valence-corrected chi connectivity index (χ1v) is 8.42. The average Bonchev–Trinajstić information content (AvgIpc) is 2.58. The summed E-state index contributed by atoms with van der Waals surface area (Å²) >= 11 is 6.14. The van der Waals surface area contributed by atoms with Gasteiger partial charge in [0.05, 0.1) is 17.9 Å². The summed E-state index contributed by atoms with van der Waals surface area (Å²) in [7, 11) is 3.25. The van der Waals surface area contributed by atoms with E-state index in [9.17, 15) is 0 Å². The van der Waals surface area contributed by atoms with Crippen LogP contribution in [0.3, 0.4) is 0 Å². The largest absolute Gasteiger partial charge is 0.377 e. The van der Waals surface area contributed by atoms with Gasteiger partial charge in [-0.05, 0) is 43.5 Å². The number of aryl methyl sites for hydroxylation is 2. The van der Waals surface area contributed by atoms with Crippen LogP contribution in [0.25, 0.3) is 0 Å². The molecule has 0 bridgehead atoms. The minimum atomic E-state index is -0.419. The van der Waals surface area contributed by atoms with Crippen LogP contribution in [0.5, 0.6) is 0 Å². The maximum atomic E-state index is 6.14. The third kappa shape index (κ3) is 4.26. The predicted molar refractivity (Wildman–Crippen MR) is 98.6 cm³/mol. The number of pyridine rings is 1. The molecule has 0 saturated carbocycles. The molecule has 0 radical (unpaired) electrons. The topological polar surface area (TPSA) is 43.4 Å². The molecule has 0 aliphatic rings. The summed E-state index contributed by atoms with van der Waals surface area (Å²) in [4.78, 5) is 4.46. The second kappa shape index (κ2) is 8.47. The van der Waals surface area contributed by atoms with Crippen LogP contribution >= 0.6 is 11.6 Å². The molecule has 0 aliphatic heterocycles. The van der Waals surface area contributed by atoms with Crippen molar-refractivity contribution in [3.63, 3.8) is 0 Å². The third-order valence-corrected chi connectivity index (χ3v) is 4.57. The Morgan fingerprint density at radius 2 is 1.88 bits per heavy atom. The van der Waals surface area contributed by atoms with Gasteiger partial charge in [0.25, 0.3) is 0 Å². The molecule has 24 heavy (non-hydrogen) atoms. The highest BCUT2D eigenvalue weighted by atomic mass is 35.5. The van der Waals surface area contributed by atoms with Crippen molar-refractivity contribution in [1.29, 1.82) is 0 Å². The zero-order valence-electron chi connectivity index (χ0n) is 14.9. The quantitative estimate of drug-likeness (QED) is 0.698. The second-order valence-corrected chi connectivity index (χ2v) is 6.22. The molecule has 1 heterocycles. The second-order valence-electron chi connectivity index (χ2n) is 5.82. The van der Waals surface area contributed by atoms with Gasteiger partial charge in [-0.15, -0.1) is 0 Å². The normalized spacial score (nSPS) is 12.5. The Bertz CT molecular complexity index is 687. The summed E-state index contributed by atoms with van der Waals surface area (Å²) in [5.74, 6) is 0. The molecule has 2 aromatic rings. The number of hydrogen-bond donors (Lipinski definition) is 1. The number of rotatable bonds is 7. The Hall–Kier alpha value is -1.62. The Morgan fingerprint density at radius 3 is 2.46 bits per heavy atom. The number of anilines is 1. The molecule has 1 aromatic carbocycles. The minimum absolute atomic E-state index is 0.182. The number of benzene rings is 1. The molecule has 2 rings (SSSR count). The standard InChI is InChI=1S/C19H25ClN2O2/c1-6-18(14-7-8-17(20)12(2)9-14)22-15-10-16(13(3)21-11-15)19(23-4)24-5/h7-11,18-19,22H,6H2,1-5H3/t18-/m1/s1. The van der Waals surface area contributed by atoms with Gasteiger partial charge >= 0.3 is 0 Å². The van der Waals surface area contributed by atoms with Crippen LogP contribution < -0.4 is 5.32 Å². The van der Waals surface area contributed by atoms with Gasteiger partial charge in [0, 0.05) is 30.5 Å². The monoisotopic (exact) mass is 348 g/mol. The highest BCUT2D eigenvalue weighted by molar-refractivity contribution is 6.31. The lowest BCUT2D eigenvalue weighted by Gasteiger charge is -2.21. The Kier molecular flexibility index (Phi) is 6.60. The highest BCUT2D eigenvalue weighted by Gasteiger charge is 2.16. The summed E-state index contributed by atoms with van der Waals surface area (Å²) < 4.78 is 10.7. The Labute approximate surface area is 149 Å². The van der Waals surface area contributed by atoms with E-state index in [1.165, 1.54) is 5.56 Å². The van der Waals surface area contributed by atoms with Crippen LogP contribution in [-0.2, 0) is 9.47 Å². The summed E-state index contributed by atoms with van der Waals surface area (Å²) in [6.45, 7) is 6.12. The van der Waals surface area contributed by atoms with E-state index in [0.717, 1.165) is 34.0 Å². The van der Waals surface area contributed by atoms with E-state index in [0.29, 0.717) is 0 Å². The van der Waals surface area contributed by atoms with E-state index in [1.807, 2.05) is 32.2 Å². The fraction of sp³-hybridized carbons (Fsp3) is 0.421. The van der Waals surface area contributed by atoms with Crippen molar-refractivity contribution >= 4 is 17.3 Å². The van der Waals surface area contributed by atoms with Crippen molar-refractivity contribution in [2.75, 3.05) is 19.5 Å². The van der Waals surface area contributed by atoms with Crippen molar-refractivity contribution in [2.45, 2.75) is 39.5 Å². The Balaban J connectivity index is 2.27. The molecule has 1 N–H and O–H groups in total. The molecule has 0 saturated heterocycles. The molecular weight excluding hydrogens is 324 g/mol. The number of ether oxygens (including phenoxy) is 2. The zero-order valence-corrected chi connectivity index (χ0v) is 15.6. The van der Waals surface area contributed by atoms with Gasteiger partial charge in [-0.25, -0.2) is 0 Å². The Morgan fingerprint density at radius 1 is 1.17 bits per heavy atom. The predicted octanol–water partition coefficient (Wildman–Crippen LogP) is 5.21. The molecule has 5 heteroatoms. The summed E-state index contributed by atoms with van der Waals surface area (Å²) in [6.07, 6.45) is 2.37. The molecule has 1 atom stereocenters. The molecule has 0 spiro atoms. The van der Waals surface area contributed by atoms with Gasteiger partial charge in [-0.2, -0.15) is 0 Å². The van der Waals surface area contributed by atoms with Crippen molar-refractivity contribution in [1.82, 2.24) is 4.98 Å². The van der Waals surface area contributed by atoms with Crippen LogP contribution in [0.1, 0.15) is 48.1 Å². The van der Waals surface area contributed by atoms with Gasteiger partial charge in [-0.3, -0.25) is 4.98 Å². The summed E-state index contributed by atoms with van der Waals surface area (Å²) in [5.41, 5.74) is 5.04. The van der Waals surface area contributed by atoms with E-state index in [2.05, 4.69) is 29.4 Å². The lowest BCUT2D eigenvalue weighted by atomic mass is 10.0. The highest BCUT2D eigenvalue weighted by Crippen LogP contribution is 2.28. The van der Waals surface area contributed by atoms with Crippen LogP contribution in [0, 0.1) is 13.8 Å². The van der Waals surface area contributed by atoms with E-state index in [-0.39, 0.29) is 6.04 Å². The number of hydrogen-bond acceptors (Lipinski definition) is 4. The minimum Gasteiger partial charge on any atom is -0.377 e. The van der Waals surface area contributed by atoms with Gasteiger partial charge in [0.2, 0.25) is 0 Å². The smallest absolute Gasteiger partial charge is 0.184 e. The molecule has 0 fully saturated rings.